The fourth-order valence-corrected chi connectivity index (χ4v) is 2.15. The van der Waals surface area contributed by atoms with Gasteiger partial charge in [0.2, 0.25) is 0 Å². The third-order valence-electron chi connectivity index (χ3n) is 2.68. The standard InChI is InChI=1S/C13H12BrNO4/c1-7-11(13(16)18-3)12(15-19-7)9-6-8(17-2)4-5-10(9)14/h4-6H,1-3H3. The monoisotopic (exact) mass is 325 g/mol. The number of halogens is 1. The zero-order valence-electron chi connectivity index (χ0n) is 10.7. The van der Waals surface area contributed by atoms with Gasteiger partial charge in [-0.25, -0.2) is 4.79 Å². The van der Waals surface area contributed by atoms with Gasteiger partial charge < -0.3 is 14.0 Å². The number of esters is 1. The summed E-state index contributed by atoms with van der Waals surface area (Å²) in [7, 11) is 2.89. The van der Waals surface area contributed by atoms with Crippen LogP contribution in [0.3, 0.4) is 0 Å². The molecule has 0 bridgehead atoms. The number of carbonyl (C=O) groups excluding carboxylic acids is 1. The third kappa shape index (κ3) is 2.49. The molecule has 6 heteroatoms. The SMILES string of the molecule is COC(=O)c1c(-c2cc(OC)ccc2Br)noc1C. The third-order valence-corrected chi connectivity index (χ3v) is 3.37. The van der Waals surface area contributed by atoms with Crippen molar-refractivity contribution in [2.75, 3.05) is 14.2 Å². The molecule has 0 fully saturated rings. The quantitative estimate of drug-likeness (QED) is 0.811. The first-order valence-corrected chi connectivity index (χ1v) is 6.26. The Bertz CT molecular complexity index is 621. The summed E-state index contributed by atoms with van der Waals surface area (Å²) in [5, 5.41) is 3.93. The first-order valence-electron chi connectivity index (χ1n) is 5.47. The molecule has 5 nitrogen and oxygen atoms in total. The van der Waals surface area contributed by atoms with E-state index in [4.69, 9.17) is 14.0 Å². The minimum absolute atomic E-state index is 0.316. The predicted molar refractivity (Wildman–Crippen MR) is 72.3 cm³/mol. The van der Waals surface area contributed by atoms with E-state index in [1.165, 1.54) is 7.11 Å². The molecule has 0 saturated heterocycles. The van der Waals surface area contributed by atoms with Gasteiger partial charge in [-0.1, -0.05) is 21.1 Å². The average molecular weight is 326 g/mol. The molecule has 1 aromatic heterocycles. The topological polar surface area (TPSA) is 61.6 Å². The number of nitrogens with zero attached hydrogens (tertiary/aromatic N) is 1. The van der Waals surface area contributed by atoms with Crippen molar-refractivity contribution in [3.05, 3.63) is 34.0 Å². The van der Waals surface area contributed by atoms with Crippen molar-refractivity contribution in [3.63, 3.8) is 0 Å². The largest absolute Gasteiger partial charge is 0.497 e. The van der Waals surface area contributed by atoms with Crippen molar-refractivity contribution in [1.29, 1.82) is 0 Å². The lowest BCUT2D eigenvalue weighted by molar-refractivity contribution is 0.0599. The molecule has 0 aliphatic carbocycles. The first-order chi connectivity index (χ1) is 9.08. The second-order valence-corrected chi connectivity index (χ2v) is 4.65. The van der Waals surface area contributed by atoms with E-state index >= 15 is 0 Å². The Morgan fingerprint density at radius 3 is 2.74 bits per heavy atom. The number of aromatic nitrogens is 1. The molecule has 19 heavy (non-hydrogen) atoms. The fourth-order valence-electron chi connectivity index (χ4n) is 1.71. The molecule has 0 saturated carbocycles. The van der Waals surface area contributed by atoms with Crippen molar-refractivity contribution < 1.29 is 18.8 Å². The number of rotatable bonds is 3. The van der Waals surface area contributed by atoms with Crippen molar-refractivity contribution in [3.8, 4) is 17.0 Å². The molecule has 0 aliphatic heterocycles. The minimum Gasteiger partial charge on any atom is -0.497 e. The number of benzene rings is 1. The van der Waals surface area contributed by atoms with E-state index in [9.17, 15) is 4.79 Å². The summed E-state index contributed by atoms with van der Waals surface area (Å²) in [6.07, 6.45) is 0. The smallest absolute Gasteiger partial charge is 0.343 e. The van der Waals surface area contributed by atoms with Gasteiger partial charge >= 0.3 is 5.97 Å². The van der Waals surface area contributed by atoms with Gasteiger partial charge in [0.15, 0.2) is 0 Å². The van der Waals surface area contributed by atoms with E-state index in [0.29, 0.717) is 28.3 Å². The van der Waals surface area contributed by atoms with Crippen LogP contribution in [0.15, 0.2) is 27.2 Å². The molecule has 2 rings (SSSR count). The molecule has 1 heterocycles. The molecule has 0 spiro atoms. The first kappa shape index (κ1) is 13.6. The second-order valence-electron chi connectivity index (χ2n) is 3.80. The average Bonchev–Trinajstić information content (AvgIpc) is 2.80. The second kappa shape index (κ2) is 5.44. The van der Waals surface area contributed by atoms with Crippen LogP contribution in [0, 0.1) is 6.92 Å². The van der Waals surface area contributed by atoms with Gasteiger partial charge in [-0.05, 0) is 25.1 Å². The van der Waals surface area contributed by atoms with Crippen LogP contribution in [0.25, 0.3) is 11.3 Å². The lowest BCUT2D eigenvalue weighted by atomic mass is 10.1. The summed E-state index contributed by atoms with van der Waals surface area (Å²) in [5.41, 5.74) is 1.45. The Morgan fingerprint density at radius 2 is 2.11 bits per heavy atom. The van der Waals surface area contributed by atoms with E-state index in [2.05, 4.69) is 21.1 Å². The highest BCUT2D eigenvalue weighted by molar-refractivity contribution is 9.10. The summed E-state index contributed by atoms with van der Waals surface area (Å²) >= 11 is 3.42. The lowest BCUT2D eigenvalue weighted by Crippen LogP contribution is -2.03. The zero-order chi connectivity index (χ0) is 14.0. The summed E-state index contributed by atoms with van der Waals surface area (Å²) < 4.78 is 15.8. The maximum atomic E-state index is 11.8. The normalized spacial score (nSPS) is 10.3. The molecular weight excluding hydrogens is 314 g/mol. The Balaban J connectivity index is 2.62. The molecule has 0 aliphatic rings. The van der Waals surface area contributed by atoms with E-state index in [1.54, 1.807) is 26.2 Å². The molecule has 1 aromatic carbocycles. The van der Waals surface area contributed by atoms with Gasteiger partial charge in [-0.3, -0.25) is 0 Å². The van der Waals surface area contributed by atoms with Gasteiger partial charge in [0.25, 0.3) is 0 Å². The number of carbonyl (C=O) groups is 1. The van der Waals surface area contributed by atoms with Crippen LogP contribution in [0.5, 0.6) is 5.75 Å². The van der Waals surface area contributed by atoms with Crippen LogP contribution in [-0.2, 0) is 4.74 Å². The van der Waals surface area contributed by atoms with Gasteiger partial charge in [-0.2, -0.15) is 0 Å². The maximum Gasteiger partial charge on any atom is 0.343 e. The summed E-state index contributed by atoms with van der Waals surface area (Å²) in [6.45, 7) is 1.66. The van der Waals surface area contributed by atoms with E-state index in [-0.39, 0.29) is 0 Å². The Hall–Kier alpha value is -1.82. The molecule has 0 atom stereocenters. The summed E-state index contributed by atoms with van der Waals surface area (Å²) in [6, 6.07) is 5.39. The molecule has 0 N–H and O–H groups in total. The fraction of sp³-hybridized carbons (Fsp3) is 0.231. The Labute approximate surface area is 118 Å². The molecule has 0 unspecified atom stereocenters. The van der Waals surface area contributed by atoms with Crippen molar-refractivity contribution >= 4 is 21.9 Å². The molecule has 2 aromatic rings. The number of methoxy groups -OCH3 is 2. The summed E-state index contributed by atoms with van der Waals surface area (Å²) in [4.78, 5) is 11.8. The highest BCUT2D eigenvalue weighted by Crippen LogP contribution is 2.34. The Morgan fingerprint density at radius 1 is 1.37 bits per heavy atom. The predicted octanol–water partition coefficient (Wildman–Crippen LogP) is 3.21. The minimum atomic E-state index is -0.483. The summed E-state index contributed by atoms with van der Waals surface area (Å²) in [5.74, 6) is 0.592. The van der Waals surface area contributed by atoms with Crippen molar-refractivity contribution in [2.24, 2.45) is 0 Å². The number of aryl methyl sites for hydroxylation is 1. The van der Waals surface area contributed by atoms with E-state index < -0.39 is 5.97 Å². The molecule has 0 radical (unpaired) electrons. The highest BCUT2D eigenvalue weighted by atomic mass is 79.9. The van der Waals surface area contributed by atoms with Crippen LogP contribution >= 0.6 is 15.9 Å². The van der Waals surface area contributed by atoms with Crippen LogP contribution < -0.4 is 4.74 Å². The lowest BCUT2D eigenvalue weighted by Gasteiger charge is -2.06. The highest BCUT2D eigenvalue weighted by Gasteiger charge is 2.23. The van der Waals surface area contributed by atoms with Crippen LogP contribution in [0.1, 0.15) is 16.1 Å². The van der Waals surface area contributed by atoms with Gasteiger partial charge in [-0.15, -0.1) is 0 Å². The zero-order valence-corrected chi connectivity index (χ0v) is 12.3. The van der Waals surface area contributed by atoms with Crippen molar-refractivity contribution in [1.82, 2.24) is 5.16 Å². The number of hydrogen-bond acceptors (Lipinski definition) is 5. The van der Waals surface area contributed by atoms with Gasteiger partial charge in [0.05, 0.1) is 14.2 Å². The van der Waals surface area contributed by atoms with Crippen molar-refractivity contribution in [2.45, 2.75) is 6.92 Å². The van der Waals surface area contributed by atoms with Crippen LogP contribution in [0.2, 0.25) is 0 Å². The van der Waals surface area contributed by atoms with E-state index in [1.807, 2.05) is 6.07 Å². The van der Waals surface area contributed by atoms with Gasteiger partial charge in [0.1, 0.15) is 22.8 Å². The maximum absolute atomic E-state index is 11.8. The van der Waals surface area contributed by atoms with Gasteiger partial charge in [0, 0.05) is 10.0 Å². The van der Waals surface area contributed by atoms with E-state index in [0.717, 1.165) is 4.47 Å². The number of hydrogen-bond donors (Lipinski definition) is 0. The molecular formula is C13H12BrNO4. The molecule has 100 valence electrons. The van der Waals surface area contributed by atoms with Crippen LogP contribution in [0.4, 0.5) is 0 Å². The molecule has 0 amide bonds. The number of ether oxygens (including phenoxy) is 2. The van der Waals surface area contributed by atoms with Crippen LogP contribution in [-0.4, -0.2) is 25.3 Å². The Kier molecular flexibility index (Phi) is 3.90.